The molecule has 0 amide bonds. The van der Waals surface area contributed by atoms with Crippen LogP contribution < -0.4 is 0 Å². The van der Waals surface area contributed by atoms with Gasteiger partial charge in [0.25, 0.3) is 0 Å². The van der Waals surface area contributed by atoms with Crippen molar-refractivity contribution in [2.24, 2.45) is 34.5 Å². The summed E-state index contributed by atoms with van der Waals surface area (Å²) in [5, 5.41) is 55.0. The molecule has 0 radical (unpaired) electrons. The maximum atomic E-state index is 12.6. The van der Waals surface area contributed by atoms with E-state index >= 15 is 0 Å². The Bertz CT molecular complexity index is 1370. The van der Waals surface area contributed by atoms with Crippen molar-refractivity contribution in [3.8, 4) is 0 Å². The van der Waals surface area contributed by atoms with E-state index in [-0.39, 0.29) is 54.0 Å². The molecule has 0 aromatic rings. The monoisotopic (exact) mass is 764 g/mol. The molecule has 4 heterocycles. The SMILES string of the molecule is C[C@@H]1O[C@@H](O[C@@H]2[C@H](C)O[C@@H](O[C@@H]3[C@H](C)O[C@@H](O[C@H]4CC[C@@]5(C)[C@H](CC[C@@H]6[C@@H]5CC[C@]5(C)[C@@H](C7=CC(=O)OC7)CC[C@]65O)C4)C[C@@H]3O)C[C@@H]2O)C[C@H](O)[C@@H]1O. The Balaban J connectivity index is 0.826. The molecule has 4 aliphatic carbocycles. The summed E-state index contributed by atoms with van der Waals surface area (Å²) in [6, 6.07) is 0. The van der Waals surface area contributed by atoms with Crippen molar-refractivity contribution in [3.63, 3.8) is 0 Å². The number of carbonyl (C=O) groups is 1. The first-order valence-corrected chi connectivity index (χ1v) is 20.8. The van der Waals surface area contributed by atoms with Gasteiger partial charge in [-0.15, -0.1) is 0 Å². The normalized spacial score (nSPS) is 55.0. The zero-order chi connectivity index (χ0) is 38.3. The molecule has 20 atom stereocenters. The van der Waals surface area contributed by atoms with E-state index in [0.29, 0.717) is 18.4 Å². The lowest BCUT2D eigenvalue weighted by atomic mass is 9.43. The second kappa shape index (κ2) is 14.9. The Morgan fingerprint density at radius 2 is 1.30 bits per heavy atom. The first-order valence-electron chi connectivity index (χ1n) is 20.8. The van der Waals surface area contributed by atoms with Crippen LogP contribution in [0.25, 0.3) is 0 Å². The van der Waals surface area contributed by atoms with Gasteiger partial charge in [0.2, 0.25) is 0 Å². The Morgan fingerprint density at radius 1 is 0.685 bits per heavy atom. The molecule has 3 saturated heterocycles. The first-order chi connectivity index (χ1) is 25.6. The fourth-order valence-electron chi connectivity index (χ4n) is 12.8. The van der Waals surface area contributed by atoms with Crippen molar-refractivity contribution in [3.05, 3.63) is 11.6 Å². The van der Waals surface area contributed by atoms with Gasteiger partial charge in [0.1, 0.15) is 24.9 Å². The highest BCUT2D eigenvalue weighted by molar-refractivity contribution is 5.85. The highest BCUT2D eigenvalue weighted by Crippen LogP contribution is 2.70. The topological polar surface area (TPSA) is 183 Å². The van der Waals surface area contributed by atoms with E-state index in [1.54, 1.807) is 19.9 Å². The molecule has 0 unspecified atom stereocenters. The fraction of sp³-hybridized carbons (Fsp3) is 0.927. The van der Waals surface area contributed by atoms with Crippen molar-refractivity contribution in [2.75, 3.05) is 6.61 Å². The van der Waals surface area contributed by atoms with Gasteiger partial charge in [-0.1, -0.05) is 13.8 Å². The van der Waals surface area contributed by atoms with Crippen molar-refractivity contribution in [2.45, 2.75) is 197 Å². The Morgan fingerprint density at radius 3 is 1.89 bits per heavy atom. The third-order valence-corrected chi connectivity index (χ3v) is 15.9. The Labute approximate surface area is 319 Å². The van der Waals surface area contributed by atoms with Crippen LogP contribution in [0.2, 0.25) is 0 Å². The van der Waals surface area contributed by atoms with Crippen molar-refractivity contribution in [1.29, 1.82) is 0 Å². The van der Waals surface area contributed by atoms with Crippen LogP contribution in [0.4, 0.5) is 0 Å². The fourth-order valence-corrected chi connectivity index (χ4v) is 12.8. The second-order valence-electron chi connectivity index (χ2n) is 18.7. The number of cyclic esters (lactones) is 1. The van der Waals surface area contributed by atoms with Crippen LogP contribution in [0.15, 0.2) is 11.6 Å². The lowest BCUT2D eigenvalue weighted by Gasteiger charge is -2.64. The van der Waals surface area contributed by atoms with Crippen LogP contribution in [-0.4, -0.2) is 124 Å². The molecule has 306 valence electrons. The quantitative estimate of drug-likeness (QED) is 0.188. The molecular weight excluding hydrogens is 700 g/mol. The van der Waals surface area contributed by atoms with Crippen LogP contribution in [0.5, 0.6) is 0 Å². The number of aliphatic hydroxyl groups excluding tert-OH is 4. The molecule has 8 aliphatic rings. The van der Waals surface area contributed by atoms with E-state index in [1.807, 2.05) is 6.92 Å². The number of hydrogen-bond donors (Lipinski definition) is 5. The average Bonchev–Trinajstić information content (AvgIpc) is 3.66. The Hall–Kier alpha value is -1.23. The molecule has 0 aromatic carbocycles. The summed E-state index contributed by atoms with van der Waals surface area (Å²) < 4.78 is 42.2. The minimum atomic E-state index is -0.996. The molecule has 4 saturated carbocycles. The first kappa shape index (κ1) is 39.6. The van der Waals surface area contributed by atoms with Gasteiger partial charge in [0.15, 0.2) is 18.9 Å². The van der Waals surface area contributed by atoms with Crippen LogP contribution in [0.1, 0.15) is 112 Å². The van der Waals surface area contributed by atoms with Gasteiger partial charge in [-0.2, -0.15) is 0 Å². The predicted molar refractivity (Wildman–Crippen MR) is 191 cm³/mol. The summed E-state index contributed by atoms with van der Waals surface area (Å²) in [7, 11) is 0. The summed E-state index contributed by atoms with van der Waals surface area (Å²) in [4.78, 5) is 11.9. The molecule has 13 nitrogen and oxygen atoms in total. The van der Waals surface area contributed by atoms with Crippen LogP contribution in [-0.2, 0) is 38.0 Å². The molecular formula is C41H64O13. The van der Waals surface area contributed by atoms with Crippen LogP contribution >= 0.6 is 0 Å². The number of ether oxygens (including phenoxy) is 7. The second-order valence-corrected chi connectivity index (χ2v) is 18.7. The molecule has 7 fully saturated rings. The standard InChI is InChI=1S/C41H64O13/c1-20-36(46)29(42)16-34(49-20)53-38-22(3)51-35(18-31(38)44)54-37-21(2)50-33(17-30(37)43)52-25-8-11-39(4)24(15-25)6-7-28-27(39)9-12-40(5)26(10-13-41(28,40)47)23-14-32(45)48-19-23/h14,20-22,24-31,33-38,42-44,46-47H,6-13,15-19H2,1-5H3/t20-,21-,22-,24+,25-,26+,27-,28+,29-,30-,31-,33-,34-,35-,36+,37+,38+,39-,40+,41-/m0/s1. The maximum Gasteiger partial charge on any atom is 0.331 e. The van der Waals surface area contributed by atoms with E-state index in [9.17, 15) is 30.3 Å². The van der Waals surface area contributed by atoms with Crippen molar-refractivity contribution < 1.29 is 63.5 Å². The maximum absolute atomic E-state index is 12.6. The summed E-state index contributed by atoms with van der Waals surface area (Å²) in [6.45, 7) is 10.4. The summed E-state index contributed by atoms with van der Waals surface area (Å²) >= 11 is 0. The van der Waals surface area contributed by atoms with Gasteiger partial charge in [-0.25, -0.2) is 4.79 Å². The van der Waals surface area contributed by atoms with E-state index < -0.39 is 79.4 Å². The number of carbonyl (C=O) groups excluding carboxylic acids is 1. The molecule has 4 aliphatic heterocycles. The van der Waals surface area contributed by atoms with E-state index in [4.69, 9.17) is 33.2 Å². The summed E-state index contributed by atoms with van der Waals surface area (Å²) in [5.41, 5.74) is 0.215. The van der Waals surface area contributed by atoms with Crippen molar-refractivity contribution in [1.82, 2.24) is 0 Å². The zero-order valence-electron chi connectivity index (χ0n) is 32.6. The molecule has 13 heteroatoms. The number of fused-ring (bicyclic) bond motifs is 5. The number of rotatable bonds is 7. The number of aliphatic hydroxyl groups is 5. The molecule has 8 rings (SSSR count). The van der Waals surface area contributed by atoms with Gasteiger partial charge in [-0.3, -0.25) is 0 Å². The van der Waals surface area contributed by atoms with Gasteiger partial charge in [-0.05, 0) is 113 Å². The minimum Gasteiger partial charge on any atom is -0.458 e. The lowest BCUT2D eigenvalue weighted by molar-refractivity contribution is -0.336. The van der Waals surface area contributed by atoms with E-state index in [0.717, 1.165) is 63.4 Å². The smallest absolute Gasteiger partial charge is 0.331 e. The third kappa shape index (κ3) is 6.82. The minimum absolute atomic E-state index is 0.0243. The third-order valence-electron chi connectivity index (χ3n) is 15.9. The van der Waals surface area contributed by atoms with Gasteiger partial charge in [0, 0.05) is 30.8 Å². The molecule has 5 N–H and O–H groups in total. The van der Waals surface area contributed by atoms with Crippen LogP contribution in [0.3, 0.4) is 0 Å². The molecule has 0 aromatic heterocycles. The zero-order valence-corrected chi connectivity index (χ0v) is 32.6. The Kier molecular flexibility index (Phi) is 10.9. The van der Waals surface area contributed by atoms with Crippen molar-refractivity contribution >= 4 is 5.97 Å². The van der Waals surface area contributed by atoms with Crippen LogP contribution in [0, 0.1) is 34.5 Å². The number of hydrogen-bond acceptors (Lipinski definition) is 13. The molecule has 0 bridgehead atoms. The highest BCUT2D eigenvalue weighted by Gasteiger charge is 2.68. The lowest BCUT2D eigenvalue weighted by Crippen LogP contribution is -2.62. The summed E-state index contributed by atoms with van der Waals surface area (Å²) in [6.07, 6.45) is 1.90. The van der Waals surface area contributed by atoms with Gasteiger partial charge < -0.3 is 58.7 Å². The van der Waals surface area contributed by atoms with Gasteiger partial charge >= 0.3 is 5.97 Å². The van der Waals surface area contributed by atoms with E-state index in [2.05, 4.69) is 13.8 Å². The average molecular weight is 765 g/mol. The van der Waals surface area contributed by atoms with E-state index in [1.165, 1.54) is 0 Å². The highest BCUT2D eigenvalue weighted by atomic mass is 16.7. The molecule has 54 heavy (non-hydrogen) atoms. The summed E-state index contributed by atoms with van der Waals surface area (Å²) in [5.74, 6) is 1.13. The molecule has 0 spiro atoms. The predicted octanol–water partition coefficient (Wildman–Crippen LogP) is 3.25. The van der Waals surface area contributed by atoms with Gasteiger partial charge in [0.05, 0.1) is 48.3 Å². The largest absolute Gasteiger partial charge is 0.458 e. The number of esters is 1.